The van der Waals surface area contributed by atoms with Crippen LogP contribution in [0.1, 0.15) is 96.8 Å². The highest BCUT2D eigenvalue weighted by molar-refractivity contribution is 7.47. The van der Waals surface area contributed by atoms with Gasteiger partial charge in [0, 0.05) is 12.7 Å². The molecule has 1 aromatic heterocycles. The molecule has 0 bridgehead atoms. The summed E-state index contributed by atoms with van der Waals surface area (Å²) in [4.78, 5) is 9.97. The van der Waals surface area contributed by atoms with Crippen LogP contribution in [0, 0.1) is 0 Å². The van der Waals surface area contributed by atoms with Crippen molar-refractivity contribution in [1.82, 2.24) is 5.16 Å². The summed E-state index contributed by atoms with van der Waals surface area (Å²) in [5, 5.41) is 3.73. The normalized spacial score (nSPS) is 14.5. The Morgan fingerprint density at radius 2 is 1.43 bits per heavy atom. The zero-order valence-electron chi connectivity index (χ0n) is 23.9. The first-order valence-electron chi connectivity index (χ1n) is 14.3. The van der Waals surface area contributed by atoms with Gasteiger partial charge >= 0.3 is 7.82 Å². The molecule has 1 N–H and O–H groups in total. The molecule has 1 heterocycles. The van der Waals surface area contributed by atoms with Gasteiger partial charge in [0.15, 0.2) is 0 Å². The highest BCUT2D eigenvalue weighted by Crippen LogP contribution is 2.43. The van der Waals surface area contributed by atoms with Crippen LogP contribution in [0.3, 0.4) is 0 Å². The Kier molecular flexibility index (Phi) is 19.3. The molecule has 0 aliphatic heterocycles. The summed E-state index contributed by atoms with van der Waals surface area (Å²) in [6.45, 7) is 3.61. The molecule has 10 heteroatoms. The summed E-state index contributed by atoms with van der Waals surface area (Å²) >= 11 is 0. The minimum atomic E-state index is -4.19. The minimum absolute atomic E-state index is 0.113. The first kappa shape index (κ1) is 34.1. The van der Waals surface area contributed by atoms with E-state index in [-0.39, 0.29) is 25.7 Å². The molecule has 37 heavy (non-hydrogen) atoms. The van der Waals surface area contributed by atoms with Gasteiger partial charge in [-0.15, -0.1) is 0 Å². The van der Waals surface area contributed by atoms with Crippen molar-refractivity contribution in [3.8, 4) is 5.88 Å². The Morgan fingerprint density at radius 1 is 0.865 bits per heavy atom. The summed E-state index contributed by atoms with van der Waals surface area (Å²) < 4.78 is 39.3. The van der Waals surface area contributed by atoms with Crippen molar-refractivity contribution in [1.29, 1.82) is 0 Å². The lowest BCUT2D eigenvalue weighted by Gasteiger charge is -2.24. The van der Waals surface area contributed by atoms with E-state index < -0.39 is 13.9 Å². The highest BCUT2D eigenvalue weighted by atomic mass is 31.2. The number of hydrogen-bond acceptors (Lipinski definition) is 7. The van der Waals surface area contributed by atoms with E-state index in [1.165, 1.54) is 83.3 Å². The summed E-state index contributed by atoms with van der Waals surface area (Å²) in [6.07, 6.45) is 19.1. The predicted octanol–water partition coefficient (Wildman–Crippen LogP) is 6.76. The summed E-state index contributed by atoms with van der Waals surface area (Å²) in [7, 11) is 1.74. The molecule has 0 aliphatic carbocycles. The molecular weight excluding hydrogens is 495 g/mol. The fourth-order valence-corrected chi connectivity index (χ4v) is 4.55. The van der Waals surface area contributed by atoms with E-state index in [0.29, 0.717) is 17.6 Å². The molecule has 1 unspecified atom stereocenters. The molecule has 0 saturated carbocycles. The second-order valence-electron chi connectivity index (χ2n) is 10.9. The molecule has 0 fully saturated rings. The largest absolute Gasteiger partial charge is 0.472 e. The van der Waals surface area contributed by atoms with E-state index in [2.05, 4.69) is 12.1 Å². The Bertz CT molecular complexity index is 683. The average Bonchev–Trinajstić information content (AvgIpc) is 3.34. The molecule has 0 radical (unpaired) electrons. The fraction of sp³-hybridized carbons (Fsp3) is 0.889. The van der Waals surface area contributed by atoms with Gasteiger partial charge in [-0.3, -0.25) is 9.05 Å². The number of phosphoric acid groups is 1. The van der Waals surface area contributed by atoms with Crippen LogP contribution in [0.2, 0.25) is 0 Å². The van der Waals surface area contributed by atoms with Crippen LogP contribution >= 0.6 is 7.82 Å². The zero-order valence-corrected chi connectivity index (χ0v) is 24.8. The average molecular weight is 550 g/mol. The number of aromatic nitrogens is 1. The number of nitrogens with zero attached hydrogens (tertiary/aromatic N) is 2. The molecule has 0 saturated heterocycles. The molecule has 1 rings (SSSR count). The quantitative estimate of drug-likeness (QED) is 0.0769. The van der Waals surface area contributed by atoms with E-state index in [1.807, 2.05) is 21.1 Å². The maximum atomic E-state index is 12.2. The Labute approximate surface area is 225 Å². The number of hydrogen-bond donors (Lipinski definition) is 1. The monoisotopic (exact) mass is 549 g/mol. The highest BCUT2D eigenvalue weighted by Gasteiger charge is 2.25. The van der Waals surface area contributed by atoms with E-state index in [4.69, 9.17) is 23.0 Å². The molecule has 2 atom stereocenters. The van der Waals surface area contributed by atoms with Crippen molar-refractivity contribution in [2.45, 2.75) is 103 Å². The molecular formula is C27H54N2O7P+. The third-order valence-electron chi connectivity index (χ3n) is 6.09. The van der Waals surface area contributed by atoms with Gasteiger partial charge in [0.25, 0.3) is 5.88 Å². The minimum Gasteiger partial charge on any atom is -0.467 e. The number of quaternary nitrogens is 1. The van der Waals surface area contributed by atoms with Crippen molar-refractivity contribution < 1.29 is 37.0 Å². The summed E-state index contributed by atoms with van der Waals surface area (Å²) in [5.74, 6) is 0.271. The second kappa shape index (κ2) is 20.9. The molecule has 218 valence electrons. The van der Waals surface area contributed by atoms with Gasteiger partial charge in [0.1, 0.15) is 25.5 Å². The number of ether oxygens (including phenoxy) is 2. The van der Waals surface area contributed by atoms with E-state index in [9.17, 15) is 9.46 Å². The Morgan fingerprint density at radius 3 is 1.95 bits per heavy atom. The predicted molar refractivity (Wildman–Crippen MR) is 147 cm³/mol. The lowest BCUT2D eigenvalue weighted by atomic mass is 10.0. The van der Waals surface area contributed by atoms with E-state index in [0.717, 1.165) is 12.8 Å². The van der Waals surface area contributed by atoms with Crippen LogP contribution in [-0.2, 0) is 18.3 Å². The van der Waals surface area contributed by atoms with Crippen LogP contribution in [0.5, 0.6) is 5.88 Å². The molecule has 0 aliphatic rings. The van der Waals surface area contributed by atoms with Crippen molar-refractivity contribution in [2.24, 2.45) is 0 Å². The van der Waals surface area contributed by atoms with Crippen LogP contribution in [0.25, 0.3) is 0 Å². The number of rotatable bonds is 26. The van der Waals surface area contributed by atoms with Crippen molar-refractivity contribution in [3.05, 3.63) is 12.3 Å². The van der Waals surface area contributed by atoms with Crippen LogP contribution in [0.15, 0.2) is 16.9 Å². The summed E-state index contributed by atoms with van der Waals surface area (Å²) in [6, 6.07) is 1.57. The topological polar surface area (TPSA) is 100 Å². The smallest absolute Gasteiger partial charge is 0.467 e. The third-order valence-corrected chi connectivity index (χ3v) is 7.07. The lowest BCUT2D eigenvalue weighted by Crippen LogP contribution is -2.37. The molecule has 9 nitrogen and oxygen atoms in total. The maximum Gasteiger partial charge on any atom is 0.472 e. The molecule has 1 aromatic rings. The van der Waals surface area contributed by atoms with Crippen LogP contribution in [0.4, 0.5) is 0 Å². The molecule has 0 aromatic carbocycles. The van der Waals surface area contributed by atoms with Crippen molar-refractivity contribution in [3.63, 3.8) is 0 Å². The number of phosphoric ester groups is 1. The van der Waals surface area contributed by atoms with E-state index >= 15 is 0 Å². The van der Waals surface area contributed by atoms with Gasteiger partial charge in [-0.05, 0) is 11.6 Å². The van der Waals surface area contributed by atoms with Gasteiger partial charge in [0.05, 0.1) is 34.4 Å². The second-order valence-corrected chi connectivity index (χ2v) is 12.3. The maximum absolute atomic E-state index is 12.2. The van der Waals surface area contributed by atoms with E-state index in [1.54, 1.807) is 6.07 Å². The van der Waals surface area contributed by atoms with Gasteiger partial charge in [-0.25, -0.2) is 4.57 Å². The van der Waals surface area contributed by atoms with Crippen LogP contribution < -0.4 is 4.74 Å². The third kappa shape index (κ3) is 21.6. The summed E-state index contributed by atoms with van der Waals surface area (Å²) in [5.41, 5.74) is 0. The molecule has 0 amide bonds. The standard InChI is InChI=1S/C27H53N2O7P/c1-5-6-7-8-9-10-11-12-13-14-15-16-17-18-21-32-24-26(36-27-19-22-33-28-27)25-35-37(30,31)34-23-20-29(2,3)4/h19,22,26H,5-18,20-21,23-25H2,1-4H3/p+1/t26-/m0/s1. The Balaban J connectivity index is 2.12. The lowest BCUT2D eigenvalue weighted by molar-refractivity contribution is -0.870. The van der Waals surface area contributed by atoms with Crippen LogP contribution in [-0.4, -0.2) is 74.8 Å². The zero-order chi connectivity index (χ0) is 27.2. The first-order chi connectivity index (χ1) is 17.7. The van der Waals surface area contributed by atoms with Gasteiger partial charge in [0.2, 0.25) is 0 Å². The van der Waals surface area contributed by atoms with Gasteiger partial charge < -0.3 is 23.4 Å². The van der Waals surface area contributed by atoms with Crippen molar-refractivity contribution in [2.75, 3.05) is 54.1 Å². The number of unbranched alkanes of at least 4 members (excludes halogenated alkanes) is 13. The molecule has 0 spiro atoms. The first-order valence-corrected chi connectivity index (χ1v) is 15.8. The SMILES string of the molecule is CCCCCCCCCCCCCCCCOC[C@@H](COP(=O)(O)OCC[N+](C)(C)C)Oc1ccon1. The fourth-order valence-electron chi connectivity index (χ4n) is 3.81. The van der Waals surface area contributed by atoms with Gasteiger partial charge in [-0.2, -0.15) is 0 Å². The number of likely N-dealkylation sites (N-methyl/N-ethyl adjacent to an activating group) is 1. The Hall–Kier alpha value is -0.960. The van der Waals surface area contributed by atoms with Gasteiger partial charge in [-0.1, -0.05) is 90.4 Å². The van der Waals surface area contributed by atoms with Crippen molar-refractivity contribution >= 4 is 7.82 Å².